The molecule has 0 atom stereocenters. The molecule has 2 rings (SSSR count). The Morgan fingerprint density at radius 3 is 2.63 bits per heavy atom. The van der Waals surface area contributed by atoms with E-state index in [2.05, 4.69) is 37.0 Å². The first-order valence-corrected chi connectivity index (χ1v) is 9.78. The van der Waals surface area contributed by atoms with Gasteiger partial charge in [-0.3, -0.25) is 0 Å². The molecule has 0 amide bonds. The molecule has 0 aromatic heterocycles. The van der Waals surface area contributed by atoms with Crippen LogP contribution in [0.25, 0.3) is 6.08 Å². The monoisotopic (exact) mass is 495 g/mol. The fraction of sp³-hybridized carbons (Fsp3) is 0.200. The van der Waals surface area contributed by atoms with Crippen LogP contribution in [-0.4, -0.2) is 23.4 Å². The number of oxime groups is 1. The van der Waals surface area contributed by atoms with Crippen molar-refractivity contribution in [2.45, 2.75) is 20.5 Å². The molecule has 0 spiro atoms. The fourth-order valence-electron chi connectivity index (χ4n) is 2.39. The molecule has 0 heterocycles. The summed E-state index contributed by atoms with van der Waals surface area (Å²) in [6.07, 6.45) is 1.90. The number of nitrogens with zero attached hydrogens (tertiary/aromatic N) is 1. The van der Waals surface area contributed by atoms with Crippen LogP contribution in [0, 0.1) is 6.92 Å². The van der Waals surface area contributed by atoms with Gasteiger partial charge in [-0.05, 0) is 69.5 Å². The first-order valence-electron chi connectivity index (χ1n) is 8.20. The largest absolute Gasteiger partial charge is 0.488 e. The molecule has 0 bridgehead atoms. The summed E-state index contributed by atoms with van der Waals surface area (Å²) in [6, 6.07) is 12.9. The molecule has 2 aromatic carbocycles. The van der Waals surface area contributed by atoms with Crippen molar-refractivity contribution in [2.75, 3.05) is 6.61 Å². The summed E-state index contributed by atoms with van der Waals surface area (Å²) in [5.41, 5.74) is 3.02. The molecular weight excluding hydrogens is 478 g/mol. The lowest BCUT2D eigenvalue weighted by molar-refractivity contribution is -0.129. The maximum atomic E-state index is 11.6. The lowest BCUT2D eigenvalue weighted by Crippen LogP contribution is -2.18. The van der Waals surface area contributed by atoms with Gasteiger partial charge in [-0.15, -0.1) is 0 Å². The van der Waals surface area contributed by atoms with E-state index >= 15 is 0 Å². The second kappa shape index (κ2) is 10.3. The Balaban J connectivity index is 2.33. The van der Waals surface area contributed by atoms with Crippen molar-refractivity contribution in [1.82, 2.24) is 0 Å². The second-order valence-electron chi connectivity index (χ2n) is 5.58. The van der Waals surface area contributed by atoms with Gasteiger partial charge >= 0.3 is 5.97 Å². The van der Waals surface area contributed by atoms with Gasteiger partial charge in [0.15, 0.2) is 5.71 Å². The summed E-state index contributed by atoms with van der Waals surface area (Å²) >= 11 is 6.73. The van der Waals surface area contributed by atoms with E-state index in [1.807, 2.05) is 43.3 Å². The second-order valence-corrected chi connectivity index (χ2v) is 8.36. The predicted molar refractivity (Wildman–Crippen MR) is 114 cm³/mol. The first kappa shape index (κ1) is 21.2. The number of hydrogen-bond acceptors (Lipinski definition) is 4. The highest BCUT2D eigenvalue weighted by Gasteiger charge is 2.18. The summed E-state index contributed by atoms with van der Waals surface area (Å²) < 4.78 is 6.77. The average molecular weight is 497 g/mol. The Bertz CT molecular complexity index is 874. The average Bonchev–Trinajstić information content (AvgIpc) is 2.61. The van der Waals surface area contributed by atoms with Gasteiger partial charge in [0, 0.05) is 11.1 Å². The molecule has 142 valence electrons. The number of rotatable bonds is 8. The minimum atomic E-state index is -1.15. The standard InChI is InChI=1S/C20H19Br2NO4/c1-3-27-23-19(20(24)25)16-7-5-4-6-14(16)12-26-17-9-8-13(2)10-15(17)11-18(21)22/h4-11H,3,12H2,1-2H3,(H,24,25). The Morgan fingerprint density at radius 1 is 1.22 bits per heavy atom. The first-order chi connectivity index (χ1) is 12.9. The van der Waals surface area contributed by atoms with Crippen molar-refractivity contribution in [1.29, 1.82) is 0 Å². The van der Waals surface area contributed by atoms with Crippen LogP contribution in [0.5, 0.6) is 5.75 Å². The van der Waals surface area contributed by atoms with Gasteiger partial charge in [0.05, 0.1) is 3.39 Å². The van der Waals surface area contributed by atoms with E-state index in [1.54, 1.807) is 19.1 Å². The van der Waals surface area contributed by atoms with Gasteiger partial charge in [0.1, 0.15) is 19.0 Å². The molecule has 7 heteroatoms. The summed E-state index contributed by atoms with van der Waals surface area (Å²) in [5.74, 6) is -0.469. The van der Waals surface area contributed by atoms with E-state index in [0.29, 0.717) is 16.9 Å². The number of benzene rings is 2. The van der Waals surface area contributed by atoms with Crippen molar-refractivity contribution < 1.29 is 19.5 Å². The minimum absolute atomic E-state index is 0.150. The zero-order chi connectivity index (χ0) is 19.8. The SMILES string of the molecule is CCON=C(C(=O)O)c1ccccc1COc1ccc(C)cc1C=C(Br)Br. The highest BCUT2D eigenvalue weighted by molar-refractivity contribution is 9.28. The molecule has 1 N–H and O–H groups in total. The van der Waals surface area contributed by atoms with Crippen molar-refractivity contribution in [2.24, 2.45) is 5.16 Å². The zero-order valence-corrected chi connectivity index (χ0v) is 18.1. The van der Waals surface area contributed by atoms with Crippen LogP contribution in [0.2, 0.25) is 0 Å². The van der Waals surface area contributed by atoms with Crippen LogP contribution in [0.3, 0.4) is 0 Å². The van der Waals surface area contributed by atoms with Crippen LogP contribution >= 0.6 is 31.9 Å². The molecule has 5 nitrogen and oxygen atoms in total. The van der Waals surface area contributed by atoms with Gasteiger partial charge in [0.25, 0.3) is 0 Å². The van der Waals surface area contributed by atoms with Gasteiger partial charge in [-0.1, -0.05) is 41.1 Å². The summed E-state index contributed by atoms with van der Waals surface area (Å²) in [6.45, 7) is 4.22. The number of aliphatic carboxylic acids is 1. The van der Waals surface area contributed by atoms with Crippen LogP contribution < -0.4 is 4.74 Å². The Kier molecular flexibility index (Phi) is 8.06. The molecular formula is C20H19Br2NO4. The van der Waals surface area contributed by atoms with Crippen molar-refractivity contribution >= 4 is 49.6 Å². The zero-order valence-electron chi connectivity index (χ0n) is 14.9. The van der Waals surface area contributed by atoms with E-state index in [9.17, 15) is 9.90 Å². The normalized spacial score (nSPS) is 11.0. The van der Waals surface area contributed by atoms with Crippen molar-refractivity contribution in [3.8, 4) is 5.75 Å². The topological polar surface area (TPSA) is 68.1 Å². The van der Waals surface area contributed by atoms with E-state index in [1.165, 1.54) is 0 Å². The lowest BCUT2D eigenvalue weighted by Gasteiger charge is -2.13. The van der Waals surface area contributed by atoms with E-state index < -0.39 is 5.97 Å². The molecule has 0 unspecified atom stereocenters. The maximum Gasteiger partial charge on any atom is 0.358 e. The highest BCUT2D eigenvalue weighted by atomic mass is 79.9. The Morgan fingerprint density at radius 2 is 1.96 bits per heavy atom. The summed E-state index contributed by atoms with van der Waals surface area (Å²) in [5, 5.41) is 13.2. The van der Waals surface area contributed by atoms with Gasteiger partial charge in [-0.25, -0.2) is 4.79 Å². The molecule has 0 aliphatic heterocycles. The molecule has 2 aromatic rings. The number of carboxylic acid groups (broad SMARTS) is 1. The lowest BCUT2D eigenvalue weighted by atomic mass is 10.0. The molecule has 0 saturated carbocycles. The minimum Gasteiger partial charge on any atom is -0.488 e. The molecule has 0 aliphatic carbocycles. The number of ether oxygens (including phenoxy) is 1. The number of carbonyl (C=O) groups is 1. The fourth-order valence-corrected chi connectivity index (χ4v) is 2.89. The number of carboxylic acids is 1. The van der Waals surface area contributed by atoms with Crippen LogP contribution in [0.15, 0.2) is 51.0 Å². The van der Waals surface area contributed by atoms with Crippen LogP contribution in [0.4, 0.5) is 0 Å². The molecule has 27 heavy (non-hydrogen) atoms. The third kappa shape index (κ3) is 6.22. The number of aryl methyl sites for hydroxylation is 1. The number of halogens is 2. The Labute approximate surface area is 174 Å². The molecule has 0 saturated heterocycles. The molecule has 0 aliphatic rings. The van der Waals surface area contributed by atoms with E-state index in [-0.39, 0.29) is 18.9 Å². The third-order valence-electron chi connectivity index (χ3n) is 3.57. The highest BCUT2D eigenvalue weighted by Crippen LogP contribution is 2.27. The molecule has 0 radical (unpaired) electrons. The number of hydrogen-bond donors (Lipinski definition) is 1. The smallest absolute Gasteiger partial charge is 0.358 e. The molecule has 0 fully saturated rings. The van der Waals surface area contributed by atoms with E-state index in [4.69, 9.17) is 9.57 Å². The summed E-state index contributed by atoms with van der Waals surface area (Å²) in [4.78, 5) is 16.5. The van der Waals surface area contributed by atoms with Gasteiger partial charge < -0.3 is 14.7 Å². The van der Waals surface area contributed by atoms with Crippen molar-refractivity contribution in [3.05, 3.63) is 68.1 Å². The van der Waals surface area contributed by atoms with Crippen LogP contribution in [0.1, 0.15) is 29.2 Å². The van der Waals surface area contributed by atoms with Crippen LogP contribution in [-0.2, 0) is 16.2 Å². The Hall–Kier alpha value is -2.12. The van der Waals surface area contributed by atoms with E-state index in [0.717, 1.165) is 14.5 Å². The van der Waals surface area contributed by atoms with Gasteiger partial charge in [-0.2, -0.15) is 0 Å². The summed E-state index contributed by atoms with van der Waals surface area (Å²) in [7, 11) is 0. The van der Waals surface area contributed by atoms with Gasteiger partial charge in [0.2, 0.25) is 0 Å². The predicted octanol–water partition coefficient (Wildman–Crippen LogP) is 5.49. The third-order valence-corrected chi connectivity index (χ3v) is 4.03. The van der Waals surface area contributed by atoms with Crippen molar-refractivity contribution in [3.63, 3.8) is 0 Å². The quantitative estimate of drug-likeness (QED) is 0.387. The maximum absolute atomic E-state index is 11.6.